The molecule has 0 aliphatic carbocycles. The van der Waals surface area contributed by atoms with Crippen molar-refractivity contribution in [3.8, 4) is 0 Å². The number of halogens is 8. The third-order valence-corrected chi connectivity index (χ3v) is 5.04. The van der Waals surface area contributed by atoms with Gasteiger partial charge >= 0.3 is 12.1 Å². The fourth-order valence-electron chi connectivity index (χ4n) is 2.91. The monoisotopic (exact) mass is 399 g/mol. The molecule has 0 radical (unpaired) electrons. The molecule has 4 atom stereocenters. The van der Waals surface area contributed by atoms with Gasteiger partial charge in [0.1, 0.15) is 12.2 Å². The lowest BCUT2D eigenvalue weighted by molar-refractivity contribution is -0.286. The van der Waals surface area contributed by atoms with Crippen molar-refractivity contribution in [2.45, 2.75) is 83.0 Å². The molecule has 0 aromatic carbocycles. The average molecular weight is 399 g/mol. The molecular formula is C16H25F8NO. The first kappa shape index (κ1) is 23.4. The fraction of sp³-hybridized carbons (Fsp3) is 1.00. The smallest absolute Gasteiger partial charge is 0.363 e. The van der Waals surface area contributed by atoms with Crippen molar-refractivity contribution >= 4 is 0 Å². The number of ether oxygens (including phenoxy) is 1. The number of likely N-dealkylation sites (tertiary alicyclic amines) is 1. The van der Waals surface area contributed by atoms with Crippen molar-refractivity contribution in [1.29, 1.82) is 0 Å². The van der Waals surface area contributed by atoms with E-state index in [1.165, 1.54) is 11.8 Å². The highest BCUT2D eigenvalue weighted by atomic mass is 19.4. The van der Waals surface area contributed by atoms with Gasteiger partial charge in [-0.05, 0) is 52.6 Å². The Morgan fingerprint density at radius 2 is 1.27 bits per heavy atom. The maximum absolute atomic E-state index is 14.5. The van der Waals surface area contributed by atoms with Crippen LogP contribution in [-0.4, -0.2) is 60.4 Å². The molecule has 0 aromatic rings. The lowest BCUT2D eigenvalue weighted by atomic mass is 9.95. The second-order valence-electron chi connectivity index (χ2n) is 7.07. The first-order valence-corrected chi connectivity index (χ1v) is 8.47. The van der Waals surface area contributed by atoms with Gasteiger partial charge in [-0.15, -0.1) is 0 Å². The predicted octanol–water partition coefficient (Wildman–Crippen LogP) is 5.07. The summed E-state index contributed by atoms with van der Waals surface area (Å²) >= 11 is 0. The number of alkyl halides is 8. The van der Waals surface area contributed by atoms with Crippen LogP contribution in [0.2, 0.25) is 0 Å². The van der Waals surface area contributed by atoms with Crippen molar-refractivity contribution in [2.75, 3.05) is 13.1 Å². The molecule has 0 saturated carbocycles. The Bertz CT molecular complexity index is 448. The van der Waals surface area contributed by atoms with Gasteiger partial charge in [-0.3, -0.25) is 4.90 Å². The maximum atomic E-state index is 14.5. The quantitative estimate of drug-likeness (QED) is 0.554. The molecular weight excluding hydrogens is 374 g/mol. The van der Waals surface area contributed by atoms with Crippen LogP contribution >= 0.6 is 0 Å². The van der Waals surface area contributed by atoms with E-state index in [9.17, 15) is 35.1 Å². The Balaban J connectivity index is 2.78. The third kappa shape index (κ3) is 5.21. The predicted molar refractivity (Wildman–Crippen MR) is 80.3 cm³/mol. The standard InChI is InChI=1S/C16H25F8NO/c1-9-5-7-25(8-6-9)10(2)14(18,19)11(3)26-12(4)15(20,21)13(17)16(22,23)24/h9-13H,5-8H2,1-4H3. The van der Waals surface area contributed by atoms with Gasteiger partial charge in [0, 0.05) is 0 Å². The Labute approximate surface area is 147 Å². The second kappa shape index (κ2) is 8.16. The van der Waals surface area contributed by atoms with Crippen LogP contribution in [0.3, 0.4) is 0 Å². The maximum Gasteiger partial charge on any atom is 0.425 e. The van der Waals surface area contributed by atoms with Crippen molar-refractivity contribution in [3.05, 3.63) is 0 Å². The zero-order valence-corrected chi connectivity index (χ0v) is 15.1. The van der Waals surface area contributed by atoms with E-state index < -0.39 is 42.4 Å². The highest BCUT2D eigenvalue weighted by Gasteiger charge is 2.61. The summed E-state index contributed by atoms with van der Waals surface area (Å²) < 4.78 is 110. The highest BCUT2D eigenvalue weighted by molar-refractivity contribution is 4.92. The van der Waals surface area contributed by atoms with Gasteiger partial charge in [-0.2, -0.15) is 13.2 Å². The van der Waals surface area contributed by atoms with E-state index in [4.69, 9.17) is 0 Å². The van der Waals surface area contributed by atoms with Crippen molar-refractivity contribution < 1.29 is 39.9 Å². The number of piperidine rings is 1. The van der Waals surface area contributed by atoms with Crippen LogP contribution in [-0.2, 0) is 4.74 Å². The number of rotatable bonds is 7. The van der Waals surface area contributed by atoms with E-state index in [1.807, 2.05) is 6.92 Å². The molecule has 1 aliphatic heterocycles. The Kier molecular flexibility index (Phi) is 7.34. The van der Waals surface area contributed by atoms with Gasteiger partial charge in [-0.25, -0.2) is 22.0 Å². The normalized spacial score (nSPS) is 23.5. The fourth-order valence-corrected chi connectivity index (χ4v) is 2.91. The summed E-state index contributed by atoms with van der Waals surface area (Å²) in [4.78, 5) is 1.50. The lowest BCUT2D eigenvalue weighted by Crippen LogP contribution is -2.56. The first-order valence-electron chi connectivity index (χ1n) is 8.47. The molecule has 26 heavy (non-hydrogen) atoms. The molecule has 0 spiro atoms. The minimum absolute atomic E-state index is 0.392. The van der Waals surface area contributed by atoms with Crippen LogP contribution in [0.15, 0.2) is 0 Å². The molecule has 0 aromatic heterocycles. The minimum atomic E-state index is -5.81. The lowest BCUT2D eigenvalue weighted by Gasteiger charge is -2.41. The van der Waals surface area contributed by atoms with Crippen molar-refractivity contribution in [1.82, 2.24) is 4.90 Å². The molecule has 1 saturated heterocycles. The summed E-state index contributed by atoms with van der Waals surface area (Å²) in [5.74, 6) is -8.19. The molecule has 1 heterocycles. The molecule has 0 bridgehead atoms. The Hall–Kier alpha value is -0.640. The number of hydrogen-bond donors (Lipinski definition) is 0. The van der Waals surface area contributed by atoms with Crippen molar-refractivity contribution in [3.63, 3.8) is 0 Å². The van der Waals surface area contributed by atoms with Gasteiger partial charge in [0.05, 0.1) is 6.04 Å². The zero-order chi connectivity index (χ0) is 20.5. The van der Waals surface area contributed by atoms with Crippen LogP contribution in [0.5, 0.6) is 0 Å². The Morgan fingerprint density at radius 1 is 0.846 bits per heavy atom. The van der Waals surface area contributed by atoms with Crippen LogP contribution in [0, 0.1) is 5.92 Å². The van der Waals surface area contributed by atoms with Crippen LogP contribution in [0.1, 0.15) is 40.5 Å². The third-order valence-electron chi connectivity index (χ3n) is 5.04. The SMILES string of the molecule is CC1CCN(C(C)C(F)(F)C(C)OC(C)C(F)(F)C(F)C(F)(F)F)CC1. The molecule has 1 fully saturated rings. The summed E-state index contributed by atoms with van der Waals surface area (Å²) in [5, 5.41) is 0. The van der Waals surface area contributed by atoms with Gasteiger partial charge in [-0.1, -0.05) is 6.92 Å². The molecule has 0 N–H and O–H groups in total. The van der Waals surface area contributed by atoms with Crippen LogP contribution in [0.4, 0.5) is 35.1 Å². The second-order valence-corrected chi connectivity index (χ2v) is 7.07. The van der Waals surface area contributed by atoms with E-state index in [-0.39, 0.29) is 0 Å². The largest absolute Gasteiger partial charge is 0.425 e. The average Bonchev–Trinajstić information content (AvgIpc) is 2.52. The van der Waals surface area contributed by atoms with E-state index in [0.29, 0.717) is 38.8 Å². The summed E-state index contributed by atoms with van der Waals surface area (Å²) in [6.07, 6.45) is -13.7. The molecule has 2 nitrogen and oxygen atoms in total. The first-order chi connectivity index (χ1) is 11.6. The van der Waals surface area contributed by atoms with E-state index >= 15 is 0 Å². The van der Waals surface area contributed by atoms with Crippen molar-refractivity contribution in [2.24, 2.45) is 5.92 Å². The molecule has 0 amide bonds. The van der Waals surface area contributed by atoms with Crippen LogP contribution in [0.25, 0.3) is 0 Å². The minimum Gasteiger partial charge on any atom is -0.363 e. The molecule has 1 rings (SSSR count). The molecule has 1 aliphatic rings. The topological polar surface area (TPSA) is 12.5 Å². The van der Waals surface area contributed by atoms with Crippen LogP contribution < -0.4 is 0 Å². The number of nitrogens with zero attached hydrogens (tertiary/aromatic N) is 1. The molecule has 10 heteroatoms. The summed E-state index contributed by atoms with van der Waals surface area (Å²) in [5.41, 5.74) is 0. The van der Waals surface area contributed by atoms with Gasteiger partial charge in [0.2, 0.25) is 0 Å². The molecule has 4 unspecified atom stereocenters. The summed E-state index contributed by atoms with van der Waals surface area (Å²) in [6, 6.07) is -1.35. The zero-order valence-electron chi connectivity index (χ0n) is 15.1. The summed E-state index contributed by atoms with van der Waals surface area (Å²) in [7, 11) is 0. The van der Waals surface area contributed by atoms with Gasteiger partial charge in [0.25, 0.3) is 12.1 Å². The summed E-state index contributed by atoms with van der Waals surface area (Å²) in [6.45, 7) is 5.26. The molecule has 156 valence electrons. The number of hydrogen-bond acceptors (Lipinski definition) is 2. The highest BCUT2D eigenvalue weighted by Crippen LogP contribution is 2.40. The van der Waals surface area contributed by atoms with Gasteiger partial charge < -0.3 is 4.74 Å². The van der Waals surface area contributed by atoms with Gasteiger partial charge in [0.15, 0.2) is 0 Å². The van der Waals surface area contributed by atoms with E-state index in [2.05, 4.69) is 4.74 Å². The van der Waals surface area contributed by atoms with E-state index in [0.717, 1.165) is 6.92 Å². The Morgan fingerprint density at radius 3 is 1.69 bits per heavy atom. The van der Waals surface area contributed by atoms with E-state index in [1.54, 1.807) is 0 Å².